The van der Waals surface area contributed by atoms with Crippen molar-refractivity contribution in [2.24, 2.45) is 5.41 Å². The van der Waals surface area contributed by atoms with Gasteiger partial charge in [0.1, 0.15) is 18.2 Å². The van der Waals surface area contributed by atoms with Crippen LogP contribution in [0.1, 0.15) is 24.8 Å². The van der Waals surface area contributed by atoms with Crippen molar-refractivity contribution in [1.82, 2.24) is 10.6 Å². The molecule has 0 heterocycles. The minimum Gasteiger partial charge on any atom is -0.492 e. The van der Waals surface area contributed by atoms with E-state index in [2.05, 4.69) is 10.6 Å². The Hall–Kier alpha value is -2.11. The summed E-state index contributed by atoms with van der Waals surface area (Å²) in [6.07, 6.45) is 2.61. The van der Waals surface area contributed by atoms with Crippen molar-refractivity contribution in [3.05, 3.63) is 64.9 Å². The third-order valence-electron chi connectivity index (χ3n) is 5.57. The van der Waals surface area contributed by atoms with Gasteiger partial charge in [0.05, 0.1) is 10.4 Å². The maximum Gasteiger partial charge on any atom is 0.226 e. The largest absolute Gasteiger partial charge is 0.492 e. The summed E-state index contributed by atoms with van der Waals surface area (Å²) in [5, 5.41) is 6.63. The average molecular weight is 389 g/mol. The van der Waals surface area contributed by atoms with Gasteiger partial charge in [-0.15, -0.1) is 0 Å². The molecule has 0 aromatic heterocycles. The minimum absolute atomic E-state index is 0.0681. The van der Waals surface area contributed by atoms with Crippen LogP contribution in [0.15, 0.2) is 48.5 Å². The highest BCUT2D eigenvalue weighted by atomic mass is 35.5. The molecule has 6 heteroatoms. The molecule has 0 radical (unpaired) electrons. The van der Waals surface area contributed by atoms with E-state index in [9.17, 15) is 9.18 Å². The van der Waals surface area contributed by atoms with E-state index >= 15 is 0 Å². The molecule has 0 unspecified atom stereocenters. The van der Waals surface area contributed by atoms with Gasteiger partial charge >= 0.3 is 0 Å². The van der Waals surface area contributed by atoms with Gasteiger partial charge in [-0.2, -0.15) is 0 Å². The standard InChI is InChI=1S/C21H22ClFN2O2/c22-17-7-6-16(10-18(17)23)27-9-8-25-21-12-20(13-21,14-21)19(26)24-11-15-4-2-1-3-5-15/h1-7,10,25H,8-9,11-14H2,(H,24,26). The zero-order valence-electron chi connectivity index (χ0n) is 14.9. The van der Waals surface area contributed by atoms with E-state index in [1.807, 2.05) is 30.3 Å². The van der Waals surface area contributed by atoms with E-state index in [1.165, 1.54) is 12.1 Å². The lowest BCUT2D eigenvalue weighted by Crippen LogP contribution is -2.77. The van der Waals surface area contributed by atoms with Gasteiger partial charge in [-0.05, 0) is 37.0 Å². The lowest BCUT2D eigenvalue weighted by molar-refractivity contribution is -0.181. The molecule has 0 spiro atoms. The van der Waals surface area contributed by atoms with E-state index in [1.54, 1.807) is 6.07 Å². The summed E-state index contributed by atoms with van der Waals surface area (Å²) < 4.78 is 18.9. The van der Waals surface area contributed by atoms with E-state index in [-0.39, 0.29) is 21.9 Å². The summed E-state index contributed by atoms with van der Waals surface area (Å²) in [6.45, 7) is 1.68. The van der Waals surface area contributed by atoms with Crippen molar-refractivity contribution in [3.8, 4) is 5.75 Å². The van der Waals surface area contributed by atoms with E-state index in [4.69, 9.17) is 16.3 Å². The fourth-order valence-corrected chi connectivity index (χ4v) is 4.35. The Morgan fingerprint density at radius 1 is 1.15 bits per heavy atom. The normalized spacial score (nSPS) is 25.3. The van der Waals surface area contributed by atoms with Crippen LogP contribution in [0.2, 0.25) is 5.02 Å². The highest BCUT2D eigenvalue weighted by molar-refractivity contribution is 6.30. The number of carbonyl (C=O) groups excluding carboxylic acids is 1. The molecule has 3 aliphatic rings. The molecule has 27 heavy (non-hydrogen) atoms. The number of amides is 1. The maximum atomic E-state index is 13.4. The van der Waals surface area contributed by atoms with Crippen LogP contribution in [0.25, 0.3) is 0 Å². The van der Waals surface area contributed by atoms with Crippen LogP contribution in [0.3, 0.4) is 0 Å². The number of rotatable bonds is 8. The molecule has 4 nitrogen and oxygen atoms in total. The first-order chi connectivity index (χ1) is 13.0. The fraction of sp³-hybridized carbons (Fsp3) is 0.381. The van der Waals surface area contributed by atoms with Gasteiger partial charge in [-0.25, -0.2) is 4.39 Å². The highest BCUT2D eigenvalue weighted by Crippen LogP contribution is 2.67. The number of hydrogen-bond donors (Lipinski definition) is 2. The van der Waals surface area contributed by atoms with Gasteiger partial charge in [0, 0.05) is 24.7 Å². The highest BCUT2D eigenvalue weighted by Gasteiger charge is 2.71. The number of benzene rings is 2. The summed E-state index contributed by atoms with van der Waals surface area (Å²) >= 11 is 5.65. The van der Waals surface area contributed by atoms with Crippen molar-refractivity contribution in [2.45, 2.75) is 31.3 Å². The zero-order chi connectivity index (χ0) is 18.9. The summed E-state index contributed by atoms with van der Waals surface area (Å²) in [5.74, 6) is 0.140. The van der Waals surface area contributed by atoms with E-state index < -0.39 is 5.82 Å². The minimum atomic E-state index is -0.481. The Morgan fingerprint density at radius 3 is 2.59 bits per heavy atom. The van der Waals surface area contributed by atoms with Crippen LogP contribution in [0.4, 0.5) is 4.39 Å². The molecule has 2 bridgehead atoms. The van der Waals surface area contributed by atoms with Gasteiger partial charge in [0.15, 0.2) is 0 Å². The zero-order valence-corrected chi connectivity index (χ0v) is 15.7. The third kappa shape index (κ3) is 3.66. The molecule has 2 aromatic carbocycles. The second-order valence-corrected chi connectivity index (χ2v) is 8.02. The maximum absolute atomic E-state index is 13.4. The Bertz CT molecular complexity index is 824. The molecule has 3 saturated carbocycles. The first kappa shape index (κ1) is 18.3. The van der Waals surface area contributed by atoms with Crippen molar-refractivity contribution in [2.75, 3.05) is 13.2 Å². The van der Waals surface area contributed by atoms with Crippen molar-refractivity contribution < 1.29 is 13.9 Å². The molecule has 1 amide bonds. The lowest BCUT2D eigenvalue weighted by Gasteiger charge is -2.69. The Labute approximate surface area is 163 Å². The molecular formula is C21H22ClFN2O2. The smallest absolute Gasteiger partial charge is 0.226 e. The predicted molar refractivity (Wildman–Crippen MR) is 102 cm³/mol. The second-order valence-electron chi connectivity index (χ2n) is 7.61. The van der Waals surface area contributed by atoms with Gasteiger partial charge < -0.3 is 15.4 Å². The summed E-state index contributed by atoms with van der Waals surface area (Å²) in [7, 11) is 0. The van der Waals surface area contributed by atoms with Crippen LogP contribution in [-0.2, 0) is 11.3 Å². The Kier molecular flexibility index (Phi) is 4.82. The first-order valence-corrected chi connectivity index (χ1v) is 9.53. The molecule has 0 atom stereocenters. The number of ether oxygens (including phenoxy) is 1. The number of carbonyl (C=O) groups is 1. The number of nitrogens with one attached hydrogen (secondary N) is 2. The fourth-order valence-electron chi connectivity index (χ4n) is 4.23. The molecule has 0 aliphatic heterocycles. The van der Waals surface area contributed by atoms with E-state index in [0.717, 1.165) is 24.8 Å². The van der Waals surface area contributed by atoms with Gasteiger partial charge in [-0.1, -0.05) is 41.9 Å². The third-order valence-corrected chi connectivity index (χ3v) is 5.88. The summed E-state index contributed by atoms with van der Waals surface area (Å²) in [5.41, 5.74) is 0.988. The van der Waals surface area contributed by atoms with Gasteiger partial charge in [0.25, 0.3) is 0 Å². The van der Waals surface area contributed by atoms with Gasteiger partial charge in [-0.3, -0.25) is 4.79 Å². The quantitative estimate of drug-likeness (QED) is 0.678. The van der Waals surface area contributed by atoms with E-state index in [0.29, 0.717) is 25.4 Å². The van der Waals surface area contributed by atoms with Crippen molar-refractivity contribution >= 4 is 17.5 Å². The van der Waals surface area contributed by atoms with Crippen molar-refractivity contribution in [3.63, 3.8) is 0 Å². The first-order valence-electron chi connectivity index (χ1n) is 9.16. The average Bonchev–Trinajstić information content (AvgIpc) is 2.61. The SMILES string of the molecule is O=C(NCc1ccccc1)C12CC(NCCOc3ccc(Cl)c(F)c3)(C1)C2. The van der Waals surface area contributed by atoms with Gasteiger partial charge in [0.2, 0.25) is 5.91 Å². The number of halogens is 2. The van der Waals surface area contributed by atoms with Crippen LogP contribution < -0.4 is 15.4 Å². The number of hydrogen-bond acceptors (Lipinski definition) is 3. The van der Waals surface area contributed by atoms with Crippen molar-refractivity contribution in [1.29, 1.82) is 0 Å². The summed E-state index contributed by atoms with van der Waals surface area (Å²) in [4.78, 5) is 12.5. The van der Waals surface area contributed by atoms with Crippen LogP contribution in [0.5, 0.6) is 5.75 Å². The molecule has 2 aromatic rings. The second kappa shape index (κ2) is 7.13. The topological polar surface area (TPSA) is 50.4 Å². The monoisotopic (exact) mass is 388 g/mol. The predicted octanol–water partition coefficient (Wildman–Crippen LogP) is 3.69. The molecule has 142 valence electrons. The van der Waals surface area contributed by atoms with Crippen LogP contribution >= 0.6 is 11.6 Å². The molecule has 3 fully saturated rings. The molecular weight excluding hydrogens is 367 g/mol. The van der Waals surface area contributed by atoms with Crippen LogP contribution in [-0.4, -0.2) is 24.6 Å². The van der Waals surface area contributed by atoms with Crippen LogP contribution in [0, 0.1) is 11.2 Å². The summed E-state index contributed by atoms with van der Waals surface area (Å²) in [6, 6.07) is 14.4. The molecule has 2 N–H and O–H groups in total. The Morgan fingerprint density at radius 2 is 1.89 bits per heavy atom. The molecule has 5 rings (SSSR count). The Balaban J connectivity index is 1.16. The lowest BCUT2D eigenvalue weighted by atomic mass is 9.39. The molecule has 3 aliphatic carbocycles. The molecule has 0 saturated heterocycles.